The molecular weight excluding hydrogens is 439 g/mol. The average molecular weight is 464 g/mol. The maximum absolute atomic E-state index is 13.0. The van der Waals surface area contributed by atoms with E-state index in [1.165, 1.54) is 6.07 Å². The number of thiazole rings is 1. The second-order valence-electron chi connectivity index (χ2n) is 7.89. The SMILES string of the molecule is Cc1nc(-c2cc(C)n(CC(=O)N3CCN(c4ccc(C(F)(F)F)cn4)CC3)c2C)cs1. The number of pyridine rings is 1. The van der Waals surface area contributed by atoms with E-state index in [0.29, 0.717) is 32.0 Å². The molecule has 1 amide bonds. The number of piperazine rings is 1. The number of hydrogen-bond acceptors (Lipinski definition) is 5. The largest absolute Gasteiger partial charge is 0.417 e. The molecule has 3 aromatic rings. The highest BCUT2D eigenvalue weighted by molar-refractivity contribution is 7.09. The van der Waals surface area contributed by atoms with Crippen molar-refractivity contribution < 1.29 is 18.0 Å². The second-order valence-corrected chi connectivity index (χ2v) is 8.96. The molecule has 4 heterocycles. The van der Waals surface area contributed by atoms with Gasteiger partial charge in [0.1, 0.15) is 12.4 Å². The Kier molecular flexibility index (Phi) is 5.98. The predicted octanol–water partition coefficient (Wildman–Crippen LogP) is 4.30. The summed E-state index contributed by atoms with van der Waals surface area (Å²) in [6, 6.07) is 4.48. The molecule has 0 unspecified atom stereocenters. The summed E-state index contributed by atoms with van der Waals surface area (Å²) in [4.78, 5) is 25.2. The quantitative estimate of drug-likeness (QED) is 0.579. The lowest BCUT2D eigenvalue weighted by Gasteiger charge is -2.35. The number of halogens is 3. The molecule has 3 aromatic heterocycles. The number of amides is 1. The van der Waals surface area contributed by atoms with Gasteiger partial charge in [0.2, 0.25) is 5.91 Å². The van der Waals surface area contributed by atoms with Crippen molar-refractivity contribution >= 4 is 23.1 Å². The first-order valence-electron chi connectivity index (χ1n) is 10.3. The highest BCUT2D eigenvalue weighted by Crippen LogP contribution is 2.30. The Balaban J connectivity index is 1.39. The van der Waals surface area contributed by atoms with Gasteiger partial charge in [-0.3, -0.25) is 4.79 Å². The Morgan fingerprint density at radius 3 is 2.41 bits per heavy atom. The smallest absolute Gasteiger partial charge is 0.353 e. The van der Waals surface area contributed by atoms with Gasteiger partial charge in [0, 0.05) is 54.7 Å². The minimum absolute atomic E-state index is 0.0211. The molecule has 0 radical (unpaired) electrons. The van der Waals surface area contributed by atoms with Crippen molar-refractivity contribution in [2.75, 3.05) is 31.1 Å². The molecule has 10 heteroatoms. The molecule has 4 rings (SSSR count). The Morgan fingerprint density at radius 1 is 1.12 bits per heavy atom. The summed E-state index contributed by atoms with van der Waals surface area (Å²) in [5.74, 6) is 0.512. The average Bonchev–Trinajstić information content (AvgIpc) is 3.31. The van der Waals surface area contributed by atoms with Gasteiger partial charge in [-0.25, -0.2) is 9.97 Å². The third-order valence-electron chi connectivity index (χ3n) is 5.79. The van der Waals surface area contributed by atoms with Gasteiger partial charge in [-0.05, 0) is 39.0 Å². The summed E-state index contributed by atoms with van der Waals surface area (Å²) in [5, 5.41) is 3.03. The van der Waals surface area contributed by atoms with E-state index in [9.17, 15) is 18.0 Å². The number of carbonyl (C=O) groups is 1. The van der Waals surface area contributed by atoms with Gasteiger partial charge >= 0.3 is 6.18 Å². The van der Waals surface area contributed by atoms with Crippen LogP contribution in [0.3, 0.4) is 0 Å². The zero-order chi connectivity index (χ0) is 23.0. The van der Waals surface area contributed by atoms with Crippen LogP contribution >= 0.6 is 11.3 Å². The zero-order valence-corrected chi connectivity index (χ0v) is 18.9. The van der Waals surface area contributed by atoms with Crippen molar-refractivity contribution in [1.29, 1.82) is 0 Å². The van der Waals surface area contributed by atoms with Gasteiger partial charge in [0.25, 0.3) is 0 Å². The third kappa shape index (κ3) is 4.50. The normalized spacial score (nSPS) is 14.8. The van der Waals surface area contributed by atoms with Crippen LogP contribution < -0.4 is 4.90 Å². The molecule has 0 N–H and O–H groups in total. The molecule has 6 nitrogen and oxygen atoms in total. The second kappa shape index (κ2) is 8.57. The van der Waals surface area contributed by atoms with E-state index < -0.39 is 11.7 Å². The molecule has 1 aliphatic rings. The molecule has 0 aromatic carbocycles. The maximum Gasteiger partial charge on any atom is 0.417 e. The van der Waals surface area contributed by atoms with E-state index >= 15 is 0 Å². The van der Waals surface area contributed by atoms with Crippen molar-refractivity contribution in [2.45, 2.75) is 33.5 Å². The van der Waals surface area contributed by atoms with E-state index in [1.807, 2.05) is 35.6 Å². The van der Waals surface area contributed by atoms with E-state index in [2.05, 4.69) is 16.0 Å². The minimum Gasteiger partial charge on any atom is -0.353 e. The Labute approximate surface area is 188 Å². The molecule has 0 aliphatic carbocycles. The highest BCUT2D eigenvalue weighted by Gasteiger charge is 2.31. The summed E-state index contributed by atoms with van der Waals surface area (Å²) in [6.45, 7) is 8.25. The van der Waals surface area contributed by atoms with E-state index in [4.69, 9.17) is 0 Å². The van der Waals surface area contributed by atoms with Crippen LogP contribution in [0.5, 0.6) is 0 Å². The Morgan fingerprint density at radius 2 is 1.84 bits per heavy atom. The van der Waals surface area contributed by atoms with Gasteiger partial charge in [-0.1, -0.05) is 0 Å². The van der Waals surface area contributed by atoms with Crippen LogP contribution in [-0.4, -0.2) is 51.5 Å². The van der Waals surface area contributed by atoms with Crippen LogP contribution in [0, 0.1) is 20.8 Å². The van der Waals surface area contributed by atoms with Crippen molar-refractivity contribution in [2.24, 2.45) is 0 Å². The first kappa shape index (κ1) is 22.3. The molecule has 1 saturated heterocycles. The van der Waals surface area contributed by atoms with Gasteiger partial charge in [0.05, 0.1) is 16.3 Å². The van der Waals surface area contributed by atoms with Crippen LogP contribution in [0.4, 0.5) is 19.0 Å². The van der Waals surface area contributed by atoms with E-state index in [0.717, 1.165) is 39.9 Å². The van der Waals surface area contributed by atoms with Crippen LogP contribution in [0.2, 0.25) is 0 Å². The monoisotopic (exact) mass is 463 g/mol. The number of alkyl halides is 3. The summed E-state index contributed by atoms with van der Waals surface area (Å²) in [6.07, 6.45) is -3.55. The maximum atomic E-state index is 13.0. The Bertz CT molecular complexity index is 1110. The summed E-state index contributed by atoms with van der Waals surface area (Å²) in [7, 11) is 0. The minimum atomic E-state index is -4.40. The number of carbonyl (C=O) groups excluding carboxylic acids is 1. The van der Waals surface area contributed by atoms with Crippen LogP contribution in [-0.2, 0) is 17.5 Å². The van der Waals surface area contributed by atoms with Crippen molar-refractivity contribution in [3.63, 3.8) is 0 Å². The molecule has 0 saturated carbocycles. The fraction of sp³-hybridized carbons (Fsp3) is 0.409. The number of hydrogen-bond donors (Lipinski definition) is 0. The van der Waals surface area contributed by atoms with Crippen LogP contribution in [0.15, 0.2) is 29.8 Å². The molecule has 1 fully saturated rings. The molecule has 0 bridgehead atoms. The van der Waals surface area contributed by atoms with Crippen molar-refractivity contribution in [3.8, 4) is 11.3 Å². The molecule has 0 spiro atoms. The van der Waals surface area contributed by atoms with Gasteiger partial charge in [-0.15, -0.1) is 11.3 Å². The first-order valence-corrected chi connectivity index (χ1v) is 11.2. The lowest BCUT2D eigenvalue weighted by molar-refractivity contribution is -0.138. The Hall–Kier alpha value is -2.88. The summed E-state index contributed by atoms with van der Waals surface area (Å²) >= 11 is 1.60. The number of rotatable bonds is 4. The number of aryl methyl sites for hydroxylation is 2. The van der Waals surface area contributed by atoms with Crippen molar-refractivity contribution in [3.05, 3.63) is 51.7 Å². The summed E-state index contributed by atoms with van der Waals surface area (Å²) in [5.41, 5.74) is 3.22. The first-order chi connectivity index (χ1) is 15.1. The molecule has 170 valence electrons. The topological polar surface area (TPSA) is 54.3 Å². The third-order valence-corrected chi connectivity index (χ3v) is 6.57. The van der Waals surface area contributed by atoms with Gasteiger partial charge in [-0.2, -0.15) is 13.2 Å². The highest BCUT2D eigenvalue weighted by atomic mass is 32.1. The number of anilines is 1. The fourth-order valence-corrected chi connectivity index (χ4v) is 4.56. The van der Waals surface area contributed by atoms with E-state index in [-0.39, 0.29) is 12.5 Å². The fourth-order valence-electron chi connectivity index (χ4n) is 3.95. The van der Waals surface area contributed by atoms with E-state index in [1.54, 1.807) is 16.2 Å². The number of nitrogens with zero attached hydrogens (tertiary/aromatic N) is 5. The van der Waals surface area contributed by atoms with Crippen LogP contribution in [0.1, 0.15) is 22.0 Å². The molecule has 32 heavy (non-hydrogen) atoms. The summed E-state index contributed by atoms with van der Waals surface area (Å²) < 4.78 is 40.2. The molecular formula is C22H24F3N5OS. The van der Waals surface area contributed by atoms with Gasteiger partial charge < -0.3 is 14.4 Å². The van der Waals surface area contributed by atoms with Gasteiger partial charge in [0.15, 0.2) is 0 Å². The van der Waals surface area contributed by atoms with Crippen LogP contribution in [0.25, 0.3) is 11.3 Å². The zero-order valence-electron chi connectivity index (χ0n) is 18.1. The molecule has 1 aliphatic heterocycles. The number of aromatic nitrogens is 3. The van der Waals surface area contributed by atoms with Crippen molar-refractivity contribution in [1.82, 2.24) is 19.4 Å². The predicted molar refractivity (Wildman–Crippen MR) is 118 cm³/mol. The molecule has 0 atom stereocenters. The lowest BCUT2D eigenvalue weighted by Crippen LogP contribution is -2.50. The standard InChI is InChI=1S/C22H24F3N5OS/c1-14-10-18(19-13-32-16(3)27-19)15(2)30(14)12-21(31)29-8-6-28(7-9-29)20-5-4-17(11-26-20)22(23,24)25/h4-5,10-11,13H,6-9,12H2,1-3H3. The lowest BCUT2D eigenvalue weighted by atomic mass is 10.2.